The van der Waals surface area contributed by atoms with Crippen molar-refractivity contribution in [2.75, 3.05) is 6.61 Å². The van der Waals surface area contributed by atoms with E-state index in [1.807, 2.05) is 0 Å². The third kappa shape index (κ3) is 4.91. The van der Waals surface area contributed by atoms with E-state index in [1.165, 1.54) is 5.57 Å². The lowest BCUT2D eigenvalue weighted by molar-refractivity contribution is -0.256. The molecule has 4 rings (SSSR count). The van der Waals surface area contributed by atoms with E-state index in [0.29, 0.717) is 42.9 Å². The van der Waals surface area contributed by atoms with Crippen molar-refractivity contribution in [3.8, 4) is 0 Å². The molecule has 0 radical (unpaired) electrons. The van der Waals surface area contributed by atoms with Gasteiger partial charge in [0.25, 0.3) is 0 Å². The highest BCUT2D eigenvalue weighted by Crippen LogP contribution is 2.67. The number of allylic oxidation sites excluding steroid dienone is 2. The molecular weight excluding hydrogens is 481 g/mol. The van der Waals surface area contributed by atoms with Gasteiger partial charge in [-0.1, -0.05) is 32.4 Å². The second-order valence-electron chi connectivity index (χ2n) is 13.3. The highest BCUT2D eigenvalue weighted by atomic mass is 19.4. The molecule has 37 heavy (non-hydrogen) atoms. The molecule has 0 aromatic rings. The Hall–Kier alpha value is -1.37. The highest BCUT2D eigenvalue weighted by Gasteiger charge is 2.59. The molecule has 0 spiro atoms. The predicted molar refractivity (Wildman–Crippen MR) is 135 cm³/mol. The topological polar surface area (TPSA) is 63.6 Å². The van der Waals surface area contributed by atoms with E-state index in [4.69, 9.17) is 4.74 Å². The average Bonchev–Trinajstić information content (AvgIpc) is 3.09. The number of rotatable bonds is 6. The summed E-state index contributed by atoms with van der Waals surface area (Å²) in [5.74, 6) is 0.863. The van der Waals surface area contributed by atoms with E-state index in [2.05, 4.69) is 26.8 Å². The van der Waals surface area contributed by atoms with Gasteiger partial charge in [-0.2, -0.15) is 13.2 Å². The fraction of sp³-hybridized carbons (Fsp3) is 0.867. The summed E-state index contributed by atoms with van der Waals surface area (Å²) in [7, 11) is 0. The van der Waals surface area contributed by atoms with Crippen molar-refractivity contribution in [1.82, 2.24) is 0 Å². The third-order valence-electron chi connectivity index (χ3n) is 11.4. The highest BCUT2D eigenvalue weighted by molar-refractivity contribution is 6.00. The van der Waals surface area contributed by atoms with Crippen LogP contribution in [0.2, 0.25) is 0 Å². The van der Waals surface area contributed by atoms with Crippen LogP contribution in [0, 0.1) is 46.3 Å². The number of Topliss-reactive ketones (excluding diaryl/α,β-unsaturated/α-hetero) is 1. The van der Waals surface area contributed by atoms with Gasteiger partial charge in [0.1, 0.15) is 5.92 Å². The maximum absolute atomic E-state index is 13.2. The van der Waals surface area contributed by atoms with Crippen molar-refractivity contribution >= 4 is 11.8 Å². The van der Waals surface area contributed by atoms with E-state index < -0.39 is 17.7 Å². The fourth-order valence-electron chi connectivity index (χ4n) is 9.01. The van der Waals surface area contributed by atoms with Gasteiger partial charge in [-0.05, 0) is 112 Å². The number of carbonyl (C=O) groups is 2. The van der Waals surface area contributed by atoms with Crippen LogP contribution >= 0.6 is 0 Å². The number of ketones is 1. The second-order valence-corrected chi connectivity index (χ2v) is 13.3. The first kappa shape index (κ1) is 28.6. The standard InChI is InChI=1S/C30H45F3O4/c1-6-37-26(35)21-12-14-27(3)19(17-25(21)34)7-8-20-23-10-9-22(28(23,4)15-13-24(20)27)18(2)11-16-29(5,36)30(31,32)33/h7,18,20-24,36H,6,8-17H2,1-5H3/t18-,20+,21?,22-,23+,24+,27+,28-,29?/m1/s1. The Labute approximate surface area is 219 Å². The van der Waals surface area contributed by atoms with Gasteiger partial charge < -0.3 is 9.84 Å². The summed E-state index contributed by atoms with van der Waals surface area (Å²) < 4.78 is 44.9. The quantitative estimate of drug-likeness (QED) is 0.229. The molecule has 0 amide bonds. The Kier molecular flexibility index (Phi) is 7.73. The van der Waals surface area contributed by atoms with E-state index in [0.717, 1.165) is 45.4 Å². The lowest BCUT2D eigenvalue weighted by atomic mass is 9.48. The first-order valence-electron chi connectivity index (χ1n) is 14.3. The zero-order valence-electron chi connectivity index (χ0n) is 23.1. The molecule has 0 saturated heterocycles. The van der Waals surface area contributed by atoms with Crippen LogP contribution in [0.4, 0.5) is 13.2 Å². The largest absolute Gasteiger partial charge is 0.465 e. The molecule has 0 bridgehead atoms. The number of hydrogen-bond donors (Lipinski definition) is 1. The zero-order chi connectivity index (χ0) is 27.4. The summed E-state index contributed by atoms with van der Waals surface area (Å²) in [6.45, 7) is 9.66. The van der Waals surface area contributed by atoms with Gasteiger partial charge in [-0.15, -0.1) is 0 Å². The maximum atomic E-state index is 13.2. The van der Waals surface area contributed by atoms with Crippen molar-refractivity contribution in [2.24, 2.45) is 46.3 Å². The summed E-state index contributed by atoms with van der Waals surface area (Å²) in [4.78, 5) is 25.5. The SMILES string of the molecule is CCOC(=O)C1CC[C@@]2(C)C(=CC[C@H]3[C@@H]4CC[C@H]([C@H](C)CCC(C)(O)C(F)(F)F)[C@@]4(C)CC[C@@H]32)CC1=O. The van der Waals surface area contributed by atoms with E-state index >= 15 is 0 Å². The van der Waals surface area contributed by atoms with Crippen LogP contribution in [0.15, 0.2) is 11.6 Å². The molecule has 4 aliphatic rings. The van der Waals surface area contributed by atoms with Crippen LogP contribution in [0.5, 0.6) is 0 Å². The zero-order valence-corrected chi connectivity index (χ0v) is 23.1. The summed E-state index contributed by atoms with van der Waals surface area (Å²) in [5.41, 5.74) is -1.46. The molecule has 2 unspecified atom stereocenters. The third-order valence-corrected chi connectivity index (χ3v) is 11.4. The van der Waals surface area contributed by atoms with Crippen LogP contribution in [0.1, 0.15) is 98.8 Å². The van der Waals surface area contributed by atoms with Gasteiger partial charge in [-0.3, -0.25) is 9.59 Å². The summed E-state index contributed by atoms with van der Waals surface area (Å²) in [6.07, 6.45) is 4.61. The Morgan fingerprint density at radius 3 is 2.51 bits per heavy atom. The van der Waals surface area contributed by atoms with Crippen molar-refractivity contribution in [2.45, 2.75) is 111 Å². The van der Waals surface area contributed by atoms with Crippen molar-refractivity contribution in [1.29, 1.82) is 0 Å². The summed E-state index contributed by atoms with van der Waals surface area (Å²) >= 11 is 0. The molecule has 7 heteroatoms. The maximum Gasteiger partial charge on any atom is 0.416 e. The number of alkyl halides is 3. The van der Waals surface area contributed by atoms with Crippen molar-refractivity contribution < 1.29 is 32.6 Å². The number of ether oxygens (including phenoxy) is 1. The fourth-order valence-corrected chi connectivity index (χ4v) is 9.01. The first-order chi connectivity index (χ1) is 17.2. The molecule has 1 N–H and O–H groups in total. The molecule has 3 fully saturated rings. The minimum atomic E-state index is -4.61. The molecule has 210 valence electrons. The molecular formula is C30H45F3O4. The predicted octanol–water partition coefficient (Wildman–Crippen LogP) is 7.04. The van der Waals surface area contributed by atoms with Gasteiger partial charge in [0.15, 0.2) is 11.4 Å². The molecule has 4 aliphatic carbocycles. The van der Waals surface area contributed by atoms with Crippen molar-refractivity contribution in [3.05, 3.63) is 11.6 Å². The smallest absolute Gasteiger partial charge is 0.416 e. The lowest BCUT2D eigenvalue weighted by Gasteiger charge is -2.57. The molecule has 0 aliphatic heterocycles. The lowest BCUT2D eigenvalue weighted by Crippen LogP contribution is -2.49. The Bertz CT molecular complexity index is 924. The molecule has 9 atom stereocenters. The van der Waals surface area contributed by atoms with Gasteiger partial charge in [0.05, 0.1) is 6.61 Å². The molecule has 0 aromatic heterocycles. The van der Waals surface area contributed by atoms with E-state index in [1.54, 1.807) is 6.92 Å². The van der Waals surface area contributed by atoms with E-state index in [9.17, 15) is 27.9 Å². The minimum absolute atomic E-state index is 0.0166. The van der Waals surface area contributed by atoms with Gasteiger partial charge in [0.2, 0.25) is 0 Å². The number of aliphatic hydroxyl groups is 1. The summed E-state index contributed by atoms with van der Waals surface area (Å²) in [6, 6.07) is 0. The Balaban J connectivity index is 1.50. The van der Waals surface area contributed by atoms with Crippen LogP contribution in [0.25, 0.3) is 0 Å². The number of carbonyl (C=O) groups excluding carboxylic acids is 2. The van der Waals surface area contributed by atoms with Crippen LogP contribution < -0.4 is 0 Å². The summed E-state index contributed by atoms with van der Waals surface area (Å²) in [5, 5.41) is 9.97. The van der Waals surface area contributed by atoms with Crippen LogP contribution in [0.3, 0.4) is 0 Å². The molecule has 0 heterocycles. The second kappa shape index (κ2) is 9.98. The molecule has 4 nitrogen and oxygen atoms in total. The molecule has 3 saturated carbocycles. The number of hydrogen-bond acceptors (Lipinski definition) is 4. The number of halogens is 3. The number of fused-ring (bicyclic) bond motifs is 5. The van der Waals surface area contributed by atoms with Crippen molar-refractivity contribution in [3.63, 3.8) is 0 Å². The normalized spacial score (nSPS) is 40.4. The van der Waals surface area contributed by atoms with Gasteiger partial charge in [0, 0.05) is 6.42 Å². The first-order valence-corrected chi connectivity index (χ1v) is 14.3. The van der Waals surface area contributed by atoms with Crippen LogP contribution in [-0.2, 0) is 14.3 Å². The monoisotopic (exact) mass is 526 g/mol. The minimum Gasteiger partial charge on any atom is -0.465 e. The molecule has 0 aromatic carbocycles. The average molecular weight is 527 g/mol. The number of esters is 1. The Morgan fingerprint density at radius 2 is 1.86 bits per heavy atom. The van der Waals surface area contributed by atoms with E-state index in [-0.39, 0.29) is 41.5 Å². The van der Waals surface area contributed by atoms with Gasteiger partial charge in [-0.25, -0.2) is 0 Å². The van der Waals surface area contributed by atoms with Gasteiger partial charge >= 0.3 is 12.1 Å². The van der Waals surface area contributed by atoms with Crippen LogP contribution in [-0.4, -0.2) is 35.2 Å². The Morgan fingerprint density at radius 1 is 1.16 bits per heavy atom.